The molecule has 0 fully saturated rings. The summed E-state index contributed by atoms with van der Waals surface area (Å²) >= 11 is 0. The van der Waals surface area contributed by atoms with Crippen LogP contribution in [0.2, 0.25) is 0 Å². The predicted octanol–water partition coefficient (Wildman–Crippen LogP) is 5.69. The van der Waals surface area contributed by atoms with Gasteiger partial charge in [-0.1, -0.05) is 67.2 Å². The fraction of sp³-hybridized carbons (Fsp3) is 0.857. The zero-order valence-electron chi connectivity index (χ0n) is 18.2. The Balaban J connectivity index is -0.000000320. The fourth-order valence-corrected chi connectivity index (χ4v) is 2.34. The zero-order valence-corrected chi connectivity index (χ0v) is 18.2. The lowest BCUT2D eigenvalue weighted by Crippen LogP contribution is -2.11. The first-order chi connectivity index (χ1) is 12.5. The second kappa shape index (κ2) is 20.7. The maximum atomic E-state index is 10.3. The molecule has 0 aliphatic rings. The van der Waals surface area contributed by atoms with Crippen LogP contribution in [0.25, 0.3) is 0 Å². The van der Waals surface area contributed by atoms with Crippen LogP contribution in [0.3, 0.4) is 0 Å². The molecule has 0 amide bonds. The van der Waals surface area contributed by atoms with E-state index in [2.05, 4.69) is 13.8 Å². The molecule has 0 aliphatic carbocycles. The Kier molecular flexibility index (Phi) is 23.1. The highest BCUT2D eigenvalue weighted by atomic mass is 16.4. The highest BCUT2D eigenvalue weighted by Gasteiger charge is 2.12. The molecular weight excluding hydrogens is 348 g/mol. The van der Waals surface area contributed by atoms with Crippen molar-refractivity contribution in [1.82, 2.24) is 0 Å². The van der Waals surface area contributed by atoms with Gasteiger partial charge in [0.15, 0.2) is 0 Å². The average molecular weight is 391 g/mol. The maximum Gasteiger partial charge on any atom is 0.306 e. The van der Waals surface area contributed by atoms with Crippen molar-refractivity contribution in [3.63, 3.8) is 0 Å². The second-order valence-electron chi connectivity index (χ2n) is 7.19. The standard InChI is InChI=1S/3C7H14O2/c1-6(2)4-3-5-7(8)9;1-3-6(4-2)5-7(8)9;1-3-5-6(4-2)7(8)9/h3*6H,3-5H2,1-2H3,(H,8,9). The Morgan fingerprint density at radius 3 is 1.48 bits per heavy atom. The van der Waals surface area contributed by atoms with Gasteiger partial charge in [0.05, 0.1) is 5.92 Å². The van der Waals surface area contributed by atoms with E-state index >= 15 is 0 Å². The topological polar surface area (TPSA) is 112 Å². The quantitative estimate of drug-likeness (QED) is 0.394. The van der Waals surface area contributed by atoms with Crippen molar-refractivity contribution in [2.24, 2.45) is 17.8 Å². The molecule has 0 saturated carbocycles. The van der Waals surface area contributed by atoms with Crippen LogP contribution < -0.4 is 0 Å². The van der Waals surface area contributed by atoms with E-state index in [0.29, 0.717) is 24.7 Å². The highest BCUT2D eigenvalue weighted by molar-refractivity contribution is 5.69. The van der Waals surface area contributed by atoms with Crippen molar-refractivity contribution >= 4 is 17.9 Å². The van der Waals surface area contributed by atoms with Crippen molar-refractivity contribution in [1.29, 1.82) is 0 Å². The predicted molar refractivity (Wildman–Crippen MR) is 109 cm³/mol. The molecule has 27 heavy (non-hydrogen) atoms. The Bertz CT molecular complexity index is 375. The lowest BCUT2D eigenvalue weighted by atomic mass is 10.00. The van der Waals surface area contributed by atoms with Crippen molar-refractivity contribution in [3.8, 4) is 0 Å². The fourth-order valence-electron chi connectivity index (χ4n) is 2.34. The van der Waals surface area contributed by atoms with Gasteiger partial charge >= 0.3 is 17.9 Å². The van der Waals surface area contributed by atoms with E-state index in [1.807, 2.05) is 27.7 Å². The molecule has 0 bridgehead atoms. The minimum absolute atomic E-state index is 0.116. The number of carbonyl (C=O) groups is 3. The van der Waals surface area contributed by atoms with Gasteiger partial charge in [-0.2, -0.15) is 0 Å². The van der Waals surface area contributed by atoms with Crippen LogP contribution in [0.1, 0.15) is 99.3 Å². The first kappa shape index (κ1) is 30.1. The number of hydrogen-bond acceptors (Lipinski definition) is 3. The molecule has 0 aromatic rings. The van der Waals surface area contributed by atoms with Crippen molar-refractivity contribution in [2.75, 3.05) is 0 Å². The largest absolute Gasteiger partial charge is 0.481 e. The number of carboxylic acids is 3. The van der Waals surface area contributed by atoms with Crippen LogP contribution in [-0.2, 0) is 14.4 Å². The van der Waals surface area contributed by atoms with Crippen LogP contribution in [0.15, 0.2) is 0 Å². The zero-order chi connectivity index (χ0) is 21.8. The van der Waals surface area contributed by atoms with Gasteiger partial charge in [0.25, 0.3) is 0 Å². The normalized spacial score (nSPS) is 11.1. The van der Waals surface area contributed by atoms with Gasteiger partial charge in [0, 0.05) is 12.8 Å². The number of rotatable bonds is 12. The Labute approximate surface area is 165 Å². The summed E-state index contributed by atoms with van der Waals surface area (Å²) in [5, 5.41) is 25.1. The van der Waals surface area contributed by atoms with Gasteiger partial charge in [-0.15, -0.1) is 0 Å². The third kappa shape index (κ3) is 26.7. The van der Waals surface area contributed by atoms with Crippen LogP contribution in [0.5, 0.6) is 0 Å². The van der Waals surface area contributed by atoms with E-state index in [0.717, 1.165) is 44.9 Å². The van der Waals surface area contributed by atoms with Gasteiger partial charge in [0.1, 0.15) is 0 Å². The first-order valence-corrected chi connectivity index (χ1v) is 10.2. The van der Waals surface area contributed by atoms with Crippen molar-refractivity contribution in [3.05, 3.63) is 0 Å². The molecule has 162 valence electrons. The molecule has 0 rings (SSSR count). The molecule has 1 unspecified atom stereocenters. The van der Waals surface area contributed by atoms with E-state index in [1.54, 1.807) is 0 Å². The summed E-state index contributed by atoms with van der Waals surface area (Å²) in [6.07, 6.45) is 6.95. The molecule has 6 nitrogen and oxygen atoms in total. The lowest BCUT2D eigenvalue weighted by Gasteiger charge is -2.06. The van der Waals surface area contributed by atoms with Gasteiger partial charge in [-0.3, -0.25) is 14.4 Å². The number of hydrogen-bond donors (Lipinski definition) is 3. The SMILES string of the molecule is CC(C)CCCC(=O)O.CCC(CC)CC(=O)O.CCCC(CC)C(=O)O. The van der Waals surface area contributed by atoms with Crippen LogP contribution in [0.4, 0.5) is 0 Å². The Morgan fingerprint density at radius 1 is 0.778 bits per heavy atom. The van der Waals surface area contributed by atoms with Crippen LogP contribution in [-0.4, -0.2) is 33.2 Å². The van der Waals surface area contributed by atoms with Crippen LogP contribution in [0, 0.1) is 17.8 Å². The molecule has 0 radical (unpaired) electrons. The third-order valence-electron chi connectivity index (χ3n) is 4.27. The third-order valence-corrected chi connectivity index (χ3v) is 4.27. The minimum atomic E-state index is -0.685. The van der Waals surface area contributed by atoms with Crippen molar-refractivity contribution < 1.29 is 29.7 Å². The molecule has 0 aliphatic heterocycles. The summed E-state index contributed by atoms with van der Waals surface area (Å²) in [7, 11) is 0. The average Bonchev–Trinajstić information content (AvgIpc) is 2.57. The van der Waals surface area contributed by atoms with E-state index in [1.165, 1.54) is 0 Å². The maximum absolute atomic E-state index is 10.3. The molecule has 6 heteroatoms. The molecular formula is C21H42O6. The van der Waals surface area contributed by atoms with E-state index in [4.69, 9.17) is 15.3 Å². The monoisotopic (exact) mass is 390 g/mol. The number of carboxylic acid groups (broad SMARTS) is 3. The molecule has 1 atom stereocenters. The van der Waals surface area contributed by atoms with E-state index in [-0.39, 0.29) is 5.92 Å². The van der Waals surface area contributed by atoms with E-state index < -0.39 is 17.9 Å². The van der Waals surface area contributed by atoms with Crippen molar-refractivity contribution in [2.45, 2.75) is 99.3 Å². The smallest absolute Gasteiger partial charge is 0.306 e. The first-order valence-electron chi connectivity index (χ1n) is 10.2. The van der Waals surface area contributed by atoms with Gasteiger partial charge in [-0.05, 0) is 31.1 Å². The molecule has 0 aromatic carbocycles. The van der Waals surface area contributed by atoms with Gasteiger partial charge in [0.2, 0.25) is 0 Å². The molecule has 0 spiro atoms. The minimum Gasteiger partial charge on any atom is -0.481 e. The van der Waals surface area contributed by atoms with Gasteiger partial charge < -0.3 is 15.3 Å². The Hall–Kier alpha value is -1.59. The van der Waals surface area contributed by atoms with E-state index in [9.17, 15) is 14.4 Å². The Morgan fingerprint density at radius 2 is 1.30 bits per heavy atom. The molecule has 0 aromatic heterocycles. The summed E-state index contributed by atoms with van der Waals surface area (Å²) in [5.41, 5.74) is 0. The lowest BCUT2D eigenvalue weighted by molar-refractivity contribution is -0.142. The highest BCUT2D eigenvalue weighted by Crippen LogP contribution is 2.11. The summed E-state index contributed by atoms with van der Waals surface area (Å²) in [6.45, 7) is 12.2. The number of aliphatic carboxylic acids is 3. The van der Waals surface area contributed by atoms with Crippen LogP contribution >= 0.6 is 0 Å². The summed E-state index contributed by atoms with van der Waals surface area (Å²) in [4.78, 5) is 30.4. The summed E-state index contributed by atoms with van der Waals surface area (Å²) < 4.78 is 0. The molecule has 3 N–H and O–H groups in total. The summed E-state index contributed by atoms with van der Waals surface area (Å²) in [5.74, 6) is -1.12. The molecule has 0 heterocycles. The molecule has 0 saturated heterocycles. The summed E-state index contributed by atoms with van der Waals surface area (Å²) in [6, 6.07) is 0. The second-order valence-corrected chi connectivity index (χ2v) is 7.19. The van der Waals surface area contributed by atoms with Gasteiger partial charge in [-0.25, -0.2) is 0 Å².